The van der Waals surface area contributed by atoms with Crippen LogP contribution in [0, 0.1) is 5.92 Å². The molecule has 2 fully saturated rings. The van der Waals surface area contributed by atoms with Crippen LogP contribution in [0.3, 0.4) is 0 Å². The van der Waals surface area contributed by atoms with Crippen LogP contribution in [0.25, 0.3) is 0 Å². The Morgan fingerprint density at radius 2 is 2.06 bits per heavy atom. The number of likely N-dealkylation sites (tertiary alicyclic amines) is 1. The summed E-state index contributed by atoms with van der Waals surface area (Å²) in [6.45, 7) is 6.43. The third-order valence-corrected chi connectivity index (χ3v) is 3.96. The van der Waals surface area contributed by atoms with E-state index >= 15 is 0 Å². The number of piperidine rings is 1. The Labute approximate surface area is 107 Å². The fourth-order valence-corrected chi connectivity index (χ4v) is 2.75. The Bertz CT molecular complexity index is 214. The predicted molar refractivity (Wildman–Crippen MR) is 73.4 cm³/mol. The van der Waals surface area contributed by atoms with Crippen LogP contribution in [0.1, 0.15) is 32.1 Å². The monoisotopic (exact) mass is 239 g/mol. The Balaban J connectivity index is 1.58. The van der Waals surface area contributed by atoms with Crippen molar-refractivity contribution in [1.82, 2.24) is 15.1 Å². The molecule has 2 rings (SSSR count). The summed E-state index contributed by atoms with van der Waals surface area (Å²) in [6.07, 6.45) is 6.98. The molecule has 0 aromatic carbocycles. The van der Waals surface area contributed by atoms with E-state index in [-0.39, 0.29) is 0 Å². The van der Waals surface area contributed by atoms with Gasteiger partial charge in [-0.3, -0.25) is 0 Å². The van der Waals surface area contributed by atoms with Gasteiger partial charge < -0.3 is 15.1 Å². The Hall–Kier alpha value is -0.120. The Morgan fingerprint density at radius 3 is 2.76 bits per heavy atom. The molecule has 1 atom stereocenters. The van der Waals surface area contributed by atoms with Gasteiger partial charge in [-0.05, 0) is 78.3 Å². The zero-order valence-corrected chi connectivity index (χ0v) is 11.6. The molecule has 0 spiro atoms. The van der Waals surface area contributed by atoms with Crippen molar-refractivity contribution in [2.24, 2.45) is 5.92 Å². The first-order chi connectivity index (χ1) is 8.24. The minimum atomic E-state index is 0.874. The zero-order valence-electron chi connectivity index (χ0n) is 11.6. The van der Waals surface area contributed by atoms with Gasteiger partial charge in [0.15, 0.2) is 0 Å². The van der Waals surface area contributed by atoms with Crippen LogP contribution < -0.4 is 5.32 Å². The van der Waals surface area contributed by atoms with E-state index in [1.807, 2.05) is 0 Å². The number of hydrogen-bond donors (Lipinski definition) is 1. The third kappa shape index (κ3) is 5.36. The number of nitrogens with one attached hydrogen (secondary N) is 1. The van der Waals surface area contributed by atoms with E-state index in [4.69, 9.17) is 0 Å². The third-order valence-electron chi connectivity index (χ3n) is 3.96. The molecule has 17 heavy (non-hydrogen) atoms. The highest BCUT2D eigenvalue weighted by molar-refractivity contribution is 4.83. The molecular weight excluding hydrogens is 210 g/mol. The zero-order chi connectivity index (χ0) is 12.1. The van der Waals surface area contributed by atoms with Crippen LogP contribution in [-0.2, 0) is 0 Å². The van der Waals surface area contributed by atoms with Crippen LogP contribution in [0.4, 0.5) is 0 Å². The Morgan fingerprint density at radius 1 is 1.24 bits per heavy atom. The highest BCUT2D eigenvalue weighted by Crippen LogP contribution is 2.21. The van der Waals surface area contributed by atoms with Crippen molar-refractivity contribution in [2.75, 3.05) is 46.8 Å². The first-order valence-corrected chi connectivity index (χ1v) is 7.34. The number of rotatable bonds is 7. The van der Waals surface area contributed by atoms with E-state index in [1.54, 1.807) is 0 Å². The van der Waals surface area contributed by atoms with Crippen LogP contribution in [0.15, 0.2) is 0 Å². The molecule has 0 aromatic rings. The summed E-state index contributed by atoms with van der Waals surface area (Å²) >= 11 is 0. The van der Waals surface area contributed by atoms with Gasteiger partial charge in [0.2, 0.25) is 0 Å². The fraction of sp³-hybridized carbons (Fsp3) is 1.00. The summed E-state index contributed by atoms with van der Waals surface area (Å²) in [5.41, 5.74) is 0. The van der Waals surface area contributed by atoms with Gasteiger partial charge in [0.05, 0.1) is 0 Å². The molecule has 3 heteroatoms. The van der Waals surface area contributed by atoms with Crippen molar-refractivity contribution < 1.29 is 0 Å². The molecule has 0 bridgehead atoms. The van der Waals surface area contributed by atoms with Crippen molar-refractivity contribution in [3.05, 3.63) is 0 Å². The molecule has 2 aliphatic rings. The minimum Gasteiger partial charge on any atom is -0.314 e. The lowest BCUT2D eigenvalue weighted by Gasteiger charge is -2.33. The topological polar surface area (TPSA) is 18.5 Å². The summed E-state index contributed by atoms with van der Waals surface area (Å²) in [6, 6.07) is 0.874. The molecule has 0 aromatic heterocycles. The lowest BCUT2D eigenvalue weighted by Crippen LogP contribution is -2.40. The number of hydrogen-bond acceptors (Lipinski definition) is 3. The summed E-state index contributed by atoms with van der Waals surface area (Å²) in [4.78, 5) is 4.96. The smallest absolute Gasteiger partial charge is 0.00683 e. The SMILES string of the molecule is CN(C)CCCN1CCCC(CNC2CC2)C1. The Kier molecular flexibility index (Phi) is 5.26. The average molecular weight is 239 g/mol. The second kappa shape index (κ2) is 6.72. The molecule has 1 aliphatic carbocycles. The van der Waals surface area contributed by atoms with E-state index in [2.05, 4.69) is 29.2 Å². The predicted octanol–water partition coefficient (Wildman–Crippen LogP) is 1.40. The van der Waals surface area contributed by atoms with Crippen LogP contribution in [0.5, 0.6) is 0 Å². The first-order valence-electron chi connectivity index (χ1n) is 7.34. The molecule has 0 amide bonds. The normalized spacial score (nSPS) is 26.6. The average Bonchev–Trinajstić information content (AvgIpc) is 3.10. The van der Waals surface area contributed by atoms with Gasteiger partial charge in [0.1, 0.15) is 0 Å². The van der Waals surface area contributed by atoms with E-state index in [0.29, 0.717) is 0 Å². The van der Waals surface area contributed by atoms with Gasteiger partial charge in [-0.25, -0.2) is 0 Å². The van der Waals surface area contributed by atoms with Gasteiger partial charge in [-0.15, -0.1) is 0 Å². The molecule has 1 N–H and O–H groups in total. The maximum atomic E-state index is 3.69. The lowest BCUT2D eigenvalue weighted by molar-refractivity contribution is 0.166. The largest absolute Gasteiger partial charge is 0.314 e. The van der Waals surface area contributed by atoms with E-state index < -0.39 is 0 Å². The molecule has 1 unspecified atom stereocenters. The molecule has 1 saturated carbocycles. The van der Waals surface area contributed by atoms with Gasteiger partial charge in [0.25, 0.3) is 0 Å². The van der Waals surface area contributed by atoms with Crippen molar-refractivity contribution in [1.29, 1.82) is 0 Å². The lowest BCUT2D eigenvalue weighted by atomic mass is 9.98. The van der Waals surface area contributed by atoms with Crippen LogP contribution in [-0.4, -0.2) is 62.7 Å². The highest BCUT2D eigenvalue weighted by atomic mass is 15.1. The van der Waals surface area contributed by atoms with Gasteiger partial charge in [-0.2, -0.15) is 0 Å². The van der Waals surface area contributed by atoms with Crippen LogP contribution >= 0.6 is 0 Å². The van der Waals surface area contributed by atoms with E-state index in [0.717, 1.165) is 12.0 Å². The maximum absolute atomic E-state index is 3.69. The minimum absolute atomic E-state index is 0.874. The van der Waals surface area contributed by atoms with Crippen molar-refractivity contribution in [3.8, 4) is 0 Å². The van der Waals surface area contributed by atoms with Crippen molar-refractivity contribution in [3.63, 3.8) is 0 Å². The van der Waals surface area contributed by atoms with E-state index in [9.17, 15) is 0 Å². The summed E-state index contributed by atoms with van der Waals surface area (Å²) < 4.78 is 0. The van der Waals surface area contributed by atoms with Gasteiger partial charge in [-0.1, -0.05) is 0 Å². The first kappa shape index (κ1) is 13.3. The molecule has 0 radical (unpaired) electrons. The molecule has 1 heterocycles. The second-order valence-corrected chi connectivity index (χ2v) is 6.15. The molecular formula is C14H29N3. The maximum Gasteiger partial charge on any atom is 0.00683 e. The summed E-state index contributed by atoms with van der Waals surface area (Å²) in [7, 11) is 4.33. The fourth-order valence-electron chi connectivity index (χ4n) is 2.75. The number of nitrogens with zero attached hydrogens (tertiary/aromatic N) is 2. The molecule has 1 saturated heterocycles. The molecule has 3 nitrogen and oxygen atoms in total. The standard InChI is InChI=1S/C14H29N3/c1-16(2)8-4-10-17-9-3-5-13(12-17)11-15-14-6-7-14/h13-15H,3-12H2,1-2H3. The summed E-state index contributed by atoms with van der Waals surface area (Å²) in [5.74, 6) is 0.906. The highest BCUT2D eigenvalue weighted by Gasteiger charge is 2.24. The summed E-state index contributed by atoms with van der Waals surface area (Å²) in [5, 5.41) is 3.69. The second-order valence-electron chi connectivity index (χ2n) is 6.15. The quantitative estimate of drug-likeness (QED) is 0.724. The van der Waals surface area contributed by atoms with Crippen molar-refractivity contribution in [2.45, 2.75) is 38.1 Å². The van der Waals surface area contributed by atoms with Gasteiger partial charge in [0, 0.05) is 12.6 Å². The molecule has 100 valence electrons. The van der Waals surface area contributed by atoms with Gasteiger partial charge >= 0.3 is 0 Å². The molecule has 1 aliphatic heterocycles. The van der Waals surface area contributed by atoms with Crippen LogP contribution in [0.2, 0.25) is 0 Å². The van der Waals surface area contributed by atoms with Crippen molar-refractivity contribution >= 4 is 0 Å². The van der Waals surface area contributed by atoms with E-state index in [1.165, 1.54) is 64.8 Å².